The Hall–Kier alpha value is -0.743. The zero-order valence-electron chi connectivity index (χ0n) is 7.65. The molecule has 0 nitrogen and oxygen atoms in total. The van der Waals surface area contributed by atoms with Crippen LogP contribution in [-0.4, -0.2) is 8.07 Å². The Morgan fingerprint density at radius 2 is 1.73 bits per heavy atom. The average molecular weight is 162 g/mol. The Bertz CT molecular complexity index is 228. The normalized spacial score (nSPS) is 10.9. The second-order valence-electron chi connectivity index (χ2n) is 3.93. The Kier molecular flexibility index (Phi) is 2.06. The van der Waals surface area contributed by atoms with Crippen molar-refractivity contribution in [3.05, 3.63) is 29.8 Å². The van der Waals surface area contributed by atoms with Crippen molar-refractivity contribution in [1.82, 2.24) is 0 Å². The van der Waals surface area contributed by atoms with Crippen molar-refractivity contribution in [2.75, 3.05) is 0 Å². The van der Waals surface area contributed by atoms with E-state index in [0.717, 1.165) is 0 Å². The first-order valence-electron chi connectivity index (χ1n) is 3.91. The average Bonchev–Trinajstić information content (AvgIpc) is 1.86. The smallest absolute Gasteiger partial charge is 0.0711 e. The highest BCUT2D eigenvalue weighted by atomic mass is 28.3. The molecular formula is C10H14Si. The lowest BCUT2D eigenvalue weighted by molar-refractivity contribution is 1.50. The number of rotatable bonds is 1. The molecule has 0 atom stereocenters. The molecule has 1 aromatic rings. The van der Waals surface area contributed by atoms with Gasteiger partial charge in [-0.05, 0) is 17.7 Å². The van der Waals surface area contributed by atoms with E-state index >= 15 is 0 Å². The monoisotopic (exact) mass is 162 g/mol. The maximum atomic E-state index is 3.21. The molecule has 1 heteroatoms. The van der Waals surface area contributed by atoms with E-state index in [-0.39, 0.29) is 0 Å². The van der Waals surface area contributed by atoms with Crippen LogP contribution >= 0.6 is 0 Å². The van der Waals surface area contributed by atoms with Crippen LogP contribution in [0.3, 0.4) is 0 Å². The SMILES string of the molecule is Cc1c#cc([Si](C)(C)C)cc1. The molecule has 0 radical (unpaired) electrons. The highest BCUT2D eigenvalue weighted by molar-refractivity contribution is 6.88. The van der Waals surface area contributed by atoms with Gasteiger partial charge in [-0.15, -0.1) is 0 Å². The molecule has 0 amide bonds. The van der Waals surface area contributed by atoms with E-state index in [1.165, 1.54) is 10.8 Å². The van der Waals surface area contributed by atoms with Crippen molar-refractivity contribution in [2.45, 2.75) is 26.6 Å². The zero-order chi connectivity index (χ0) is 8.48. The van der Waals surface area contributed by atoms with E-state index < -0.39 is 8.07 Å². The summed E-state index contributed by atoms with van der Waals surface area (Å²) in [5.74, 6) is 0. The van der Waals surface area contributed by atoms with Gasteiger partial charge in [-0.2, -0.15) is 0 Å². The minimum Gasteiger partial charge on any atom is -0.0711 e. The summed E-state index contributed by atoms with van der Waals surface area (Å²) < 4.78 is 0. The summed E-state index contributed by atoms with van der Waals surface area (Å²) in [6, 6.07) is 10.6. The molecular weight excluding hydrogens is 148 g/mol. The van der Waals surface area contributed by atoms with Gasteiger partial charge in [0.15, 0.2) is 0 Å². The quantitative estimate of drug-likeness (QED) is 0.555. The summed E-state index contributed by atoms with van der Waals surface area (Å²) in [6.45, 7) is 9.01. The van der Waals surface area contributed by atoms with Gasteiger partial charge in [0.1, 0.15) is 0 Å². The van der Waals surface area contributed by atoms with Crippen molar-refractivity contribution in [1.29, 1.82) is 0 Å². The Balaban J connectivity index is 2.99. The van der Waals surface area contributed by atoms with Gasteiger partial charge in [0.2, 0.25) is 0 Å². The number of hydrogen-bond donors (Lipinski definition) is 0. The summed E-state index contributed by atoms with van der Waals surface area (Å²) >= 11 is 0. The molecule has 0 aliphatic carbocycles. The largest absolute Gasteiger partial charge is 0.0884 e. The third-order valence-electron chi connectivity index (χ3n) is 1.70. The van der Waals surface area contributed by atoms with Crippen LogP contribution in [0.4, 0.5) is 0 Å². The first-order valence-corrected chi connectivity index (χ1v) is 7.41. The van der Waals surface area contributed by atoms with Crippen LogP contribution in [0.1, 0.15) is 5.56 Å². The molecule has 0 aliphatic rings. The lowest BCUT2D eigenvalue weighted by Gasteiger charge is -2.13. The van der Waals surface area contributed by atoms with Gasteiger partial charge < -0.3 is 0 Å². The second-order valence-corrected chi connectivity index (χ2v) is 8.97. The van der Waals surface area contributed by atoms with E-state index in [9.17, 15) is 0 Å². The van der Waals surface area contributed by atoms with E-state index in [2.05, 4.69) is 43.9 Å². The standard InChI is InChI=1S/C10H14Si/c1-9-5-7-10(8-6-9)11(2,3)4/h5,7H,1-4H3. The molecule has 0 unspecified atom stereocenters. The Morgan fingerprint density at radius 3 is 2.09 bits per heavy atom. The van der Waals surface area contributed by atoms with E-state index in [4.69, 9.17) is 0 Å². The molecule has 0 fully saturated rings. The van der Waals surface area contributed by atoms with Crippen molar-refractivity contribution in [3.8, 4) is 0 Å². The van der Waals surface area contributed by atoms with Gasteiger partial charge in [-0.25, -0.2) is 0 Å². The van der Waals surface area contributed by atoms with Crippen LogP contribution in [0.5, 0.6) is 0 Å². The Morgan fingerprint density at radius 1 is 1.09 bits per heavy atom. The van der Waals surface area contributed by atoms with Gasteiger partial charge in [0.25, 0.3) is 0 Å². The minimum atomic E-state index is -1.14. The van der Waals surface area contributed by atoms with E-state index in [1.807, 2.05) is 6.92 Å². The fourth-order valence-corrected chi connectivity index (χ4v) is 1.92. The van der Waals surface area contributed by atoms with E-state index in [1.54, 1.807) is 0 Å². The molecule has 0 heterocycles. The van der Waals surface area contributed by atoms with Gasteiger partial charge in [-0.3, -0.25) is 0 Å². The van der Waals surface area contributed by atoms with Crippen LogP contribution in [0.15, 0.2) is 12.1 Å². The van der Waals surface area contributed by atoms with Crippen molar-refractivity contribution in [2.24, 2.45) is 0 Å². The highest BCUT2D eigenvalue weighted by Crippen LogP contribution is 1.99. The summed E-state index contributed by atoms with van der Waals surface area (Å²) in [5, 5.41) is 1.36. The molecule has 0 saturated heterocycles. The first kappa shape index (κ1) is 8.35. The molecule has 0 aromatic heterocycles. The van der Waals surface area contributed by atoms with Crippen LogP contribution < -0.4 is 5.19 Å². The fourth-order valence-electron chi connectivity index (χ4n) is 0.895. The molecule has 0 bridgehead atoms. The first-order chi connectivity index (χ1) is 5.00. The fraction of sp³-hybridized carbons (Fsp3) is 0.400. The zero-order valence-corrected chi connectivity index (χ0v) is 8.65. The van der Waals surface area contributed by atoms with Crippen LogP contribution in [-0.2, 0) is 0 Å². The summed E-state index contributed by atoms with van der Waals surface area (Å²) in [7, 11) is -1.14. The van der Waals surface area contributed by atoms with Crippen molar-refractivity contribution in [3.63, 3.8) is 0 Å². The molecule has 58 valence electrons. The number of aryl methyl sites for hydroxylation is 1. The highest BCUT2D eigenvalue weighted by Gasteiger charge is 2.15. The molecule has 0 spiro atoms. The molecule has 1 rings (SSSR count). The van der Waals surface area contributed by atoms with Gasteiger partial charge >= 0.3 is 0 Å². The van der Waals surface area contributed by atoms with Crippen LogP contribution in [0.25, 0.3) is 0 Å². The van der Waals surface area contributed by atoms with Crippen LogP contribution in [0.2, 0.25) is 19.6 Å². The Labute approximate surface area is 70.3 Å². The lowest BCUT2D eigenvalue weighted by Crippen LogP contribution is -2.36. The maximum absolute atomic E-state index is 3.21. The van der Waals surface area contributed by atoms with Crippen molar-refractivity contribution >= 4 is 13.3 Å². The van der Waals surface area contributed by atoms with Crippen LogP contribution in [0, 0.1) is 19.1 Å². The maximum Gasteiger partial charge on any atom is 0.0884 e. The molecule has 0 N–H and O–H groups in total. The third kappa shape index (κ3) is 2.09. The molecule has 0 saturated carbocycles. The van der Waals surface area contributed by atoms with Gasteiger partial charge in [0.05, 0.1) is 8.07 Å². The third-order valence-corrected chi connectivity index (χ3v) is 3.61. The van der Waals surface area contributed by atoms with E-state index in [0.29, 0.717) is 0 Å². The van der Waals surface area contributed by atoms with Gasteiger partial charge in [0, 0.05) is 0 Å². The number of hydrogen-bond acceptors (Lipinski definition) is 0. The minimum absolute atomic E-state index is 1.14. The summed E-state index contributed by atoms with van der Waals surface area (Å²) in [4.78, 5) is 0. The summed E-state index contributed by atoms with van der Waals surface area (Å²) in [6.07, 6.45) is 0. The predicted octanol–water partition coefficient (Wildman–Crippen LogP) is 2.14. The predicted molar refractivity (Wildman–Crippen MR) is 51.8 cm³/mol. The van der Waals surface area contributed by atoms with Gasteiger partial charge in [-0.1, -0.05) is 43.9 Å². The second kappa shape index (κ2) is 2.71. The molecule has 11 heavy (non-hydrogen) atoms. The summed E-state index contributed by atoms with van der Waals surface area (Å²) in [5.41, 5.74) is 1.17. The lowest BCUT2D eigenvalue weighted by atomic mass is 10.3. The molecule has 1 aromatic carbocycles. The van der Waals surface area contributed by atoms with Crippen molar-refractivity contribution < 1.29 is 0 Å². The topological polar surface area (TPSA) is 0 Å². The molecule has 0 aliphatic heterocycles.